The minimum atomic E-state index is 0.00589. The van der Waals surface area contributed by atoms with Crippen molar-refractivity contribution in [3.8, 4) is 5.88 Å². The van der Waals surface area contributed by atoms with Crippen LogP contribution >= 0.6 is 0 Å². The van der Waals surface area contributed by atoms with Crippen LogP contribution in [0.1, 0.15) is 0 Å². The quantitative estimate of drug-likeness (QED) is 0.619. The van der Waals surface area contributed by atoms with E-state index in [1.807, 2.05) is 18.2 Å². The summed E-state index contributed by atoms with van der Waals surface area (Å²) in [6, 6.07) is 8.91. The van der Waals surface area contributed by atoms with Gasteiger partial charge in [0.1, 0.15) is 0 Å². The number of benzene rings is 1. The summed E-state index contributed by atoms with van der Waals surface area (Å²) >= 11 is 0. The molecule has 0 saturated carbocycles. The molecule has 0 aliphatic carbocycles. The van der Waals surface area contributed by atoms with E-state index >= 15 is 0 Å². The molecule has 16 heavy (non-hydrogen) atoms. The number of rotatable bonds is 1. The largest absolute Gasteiger partial charge is 0.427 e. The van der Waals surface area contributed by atoms with E-state index in [-0.39, 0.29) is 5.43 Å². The molecular formula is C12H8N2O2. The van der Waals surface area contributed by atoms with E-state index in [2.05, 4.69) is 4.98 Å². The molecule has 0 atom stereocenters. The first kappa shape index (κ1) is 8.91. The van der Waals surface area contributed by atoms with E-state index in [4.69, 9.17) is 4.42 Å². The van der Waals surface area contributed by atoms with E-state index < -0.39 is 0 Å². The van der Waals surface area contributed by atoms with Gasteiger partial charge in [-0.25, -0.2) is 4.98 Å². The number of fused-ring (bicyclic) bond motifs is 1. The molecule has 0 aliphatic rings. The summed E-state index contributed by atoms with van der Waals surface area (Å²) in [6.45, 7) is 0. The number of oxazole rings is 1. The van der Waals surface area contributed by atoms with Crippen LogP contribution in [0.15, 0.2) is 58.3 Å². The second kappa shape index (κ2) is 3.34. The maximum atomic E-state index is 11.6. The summed E-state index contributed by atoms with van der Waals surface area (Å²) < 4.78 is 7.01. The average Bonchev–Trinajstić information content (AvgIpc) is 2.83. The predicted octanol–water partition coefficient (Wildman–Crippen LogP) is 1.98. The zero-order valence-electron chi connectivity index (χ0n) is 8.33. The van der Waals surface area contributed by atoms with Crippen molar-refractivity contribution in [2.24, 2.45) is 0 Å². The number of hydrogen-bond donors (Lipinski definition) is 0. The number of hydrogen-bond acceptors (Lipinski definition) is 3. The van der Waals surface area contributed by atoms with E-state index in [9.17, 15) is 4.79 Å². The maximum absolute atomic E-state index is 11.6. The van der Waals surface area contributed by atoms with Gasteiger partial charge in [0.25, 0.3) is 0 Å². The molecule has 3 aromatic rings. The third-order valence-corrected chi connectivity index (χ3v) is 2.46. The molecule has 78 valence electrons. The smallest absolute Gasteiger partial charge is 0.224 e. The fourth-order valence-corrected chi connectivity index (χ4v) is 1.72. The van der Waals surface area contributed by atoms with Gasteiger partial charge in [-0.3, -0.25) is 9.36 Å². The Hall–Kier alpha value is -2.36. The van der Waals surface area contributed by atoms with Gasteiger partial charge in [-0.2, -0.15) is 0 Å². The van der Waals surface area contributed by atoms with E-state index in [0.29, 0.717) is 11.3 Å². The number of para-hydroxylation sites is 1. The Morgan fingerprint density at radius 3 is 2.88 bits per heavy atom. The van der Waals surface area contributed by atoms with Gasteiger partial charge in [-0.05, 0) is 12.1 Å². The van der Waals surface area contributed by atoms with Gasteiger partial charge < -0.3 is 4.42 Å². The van der Waals surface area contributed by atoms with Crippen LogP contribution < -0.4 is 5.43 Å². The summed E-state index contributed by atoms with van der Waals surface area (Å²) in [5, 5.41) is 0.668. The highest BCUT2D eigenvalue weighted by molar-refractivity contribution is 5.79. The van der Waals surface area contributed by atoms with E-state index in [0.717, 1.165) is 5.52 Å². The van der Waals surface area contributed by atoms with Crippen LogP contribution in [0.25, 0.3) is 16.8 Å². The SMILES string of the molecule is O=c1ccn(-c2cnco2)c2ccccc12. The molecule has 0 amide bonds. The van der Waals surface area contributed by atoms with Crippen LogP contribution in [0.4, 0.5) is 0 Å². The second-order valence-corrected chi connectivity index (χ2v) is 3.41. The second-order valence-electron chi connectivity index (χ2n) is 3.41. The molecule has 0 N–H and O–H groups in total. The Morgan fingerprint density at radius 2 is 2.06 bits per heavy atom. The fraction of sp³-hybridized carbons (Fsp3) is 0. The molecule has 0 spiro atoms. The van der Waals surface area contributed by atoms with Crippen LogP contribution in [-0.2, 0) is 0 Å². The van der Waals surface area contributed by atoms with Crippen molar-refractivity contribution >= 4 is 10.9 Å². The average molecular weight is 212 g/mol. The number of pyridine rings is 1. The first-order valence-corrected chi connectivity index (χ1v) is 4.85. The normalized spacial score (nSPS) is 10.8. The lowest BCUT2D eigenvalue weighted by Crippen LogP contribution is -2.05. The van der Waals surface area contributed by atoms with Crippen LogP contribution in [-0.4, -0.2) is 9.55 Å². The molecule has 3 rings (SSSR count). The van der Waals surface area contributed by atoms with Crippen molar-refractivity contribution in [3.05, 3.63) is 59.3 Å². The van der Waals surface area contributed by atoms with Crippen LogP contribution in [0.3, 0.4) is 0 Å². The molecular weight excluding hydrogens is 204 g/mol. The minimum Gasteiger partial charge on any atom is -0.427 e. The number of nitrogens with zero attached hydrogens (tertiary/aromatic N) is 2. The summed E-state index contributed by atoms with van der Waals surface area (Å²) in [5.74, 6) is 0.594. The lowest BCUT2D eigenvalue weighted by Gasteiger charge is -2.05. The first-order chi connectivity index (χ1) is 7.86. The Morgan fingerprint density at radius 1 is 1.19 bits per heavy atom. The van der Waals surface area contributed by atoms with Crippen LogP contribution in [0, 0.1) is 0 Å². The molecule has 0 saturated heterocycles. The van der Waals surface area contributed by atoms with Crippen LogP contribution in [0.5, 0.6) is 0 Å². The predicted molar refractivity (Wildman–Crippen MR) is 59.6 cm³/mol. The van der Waals surface area contributed by atoms with E-state index in [1.165, 1.54) is 12.5 Å². The van der Waals surface area contributed by atoms with Crippen molar-refractivity contribution in [2.45, 2.75) is 0 Å². The van der Waals surface area contributed by atoms with Crippen molar-refractivity contribution in [1.82, 2.24) is 9.55 Å². The van der Waals surface area contributed by atoms with E-state index in [1.54, 1.807) is 23.0 Å². The first-order valence-electron chi connectivity index (χ1n) is 4.85. The van der Waals surface area contributed by atoms with Crippen molar-refractivity contribution in [2.75, 3.05) is 0 Å². The maximum Gasteiger partial charge on any atom is 0.224 e. The summed E-state index contributed by atoms with van der Waals surface area (Å²) in [7, 11) is 0. The molecule has 0 aliphatic heterocycles. The highest BCUT2D eigenvalue weighted by Crippen LogP contribution is 2.14. The van der Waals surface area contributed by atoms with Gasteiger partial charge in [0.2, 0.25) is 5.88 Å². The van der Waals surface area contributed by atoms with Gasteiger partial charge in [0.15, 0.2) is 11.8 Å². The van der Waals surface area contributed by atoms with Gasteiger partial charge >= 0.3 is 0 Å². The van der Waals surface area contributed by atoms with Gasteiger partial charge in [0, 0.05) is 17.6 Å². The van der Waals surface area contributed by atoms with Gasteiger partial charge in [-0.1, -0.05) is 12.1 Å². The van der Waals surface area contributed by atoms with Crippen molar-refractivity contribution in [1.29, 1.82) is 0 Å². The molecule has 2 heterocycles. The molecule has 0 fully saturated rings. The summed E-state index contributed by atoms with van der Waals surface area (Å²) in [6.07, 6.45) is 4.66. The zero-order valence-corrected chi connectivity index (χ0v) is 8.33. The Labute approximate surface area is 90.8 Å². The molecule has 2 aromatic heterocycles. The summed E-state index contributed by atoms with van der Waals surface area (Å²) in [5.41, 5.74) is 0.818. The fourth-order valence-electron chi connectivity index (χ4n) is 1.72. The third-order valence-electron chi connectivity index (χ3n) is 2.46. The molecule has 1 aromatic carbocycles. The Balaban J connectivity index is 2.43. The van der Waals surface area contributed by atoms with Crippen molar-refractivity contribution in [3.63, 3.8) is 0 Å². The molecule has 4 heteroatoms. The lowest BCUT2D eigenvalue weighted by molar-refractivity contribution is 0.534. The topological polar surface area (TPSA) is 48.0 Å². The van der Waals surface area contributed by atoms with Crippen molar-refractivity contribution < 1.29 is 4.42 Å². The molecule has 0 unspecified atom stereocenters. The Kier molecular flexibility index (Phi) is 1.86. The minimum absolute atomic E-state index is 0.00589. The highest BCUT2D eigenvalue weighted by Gasteiger charge is 2.05. The van der Waals surface area contributed by atoms with Gasteiger partial charge in [0.05, 0.1) is 11.7 Å². The summed E-state index contributed by atoms with van der Waals surface area (Å²) in [4.78, 5) is 15.5. The molecule has 0 radical (unpaired) electrons. The lowest BCUT2D eigenvalue weighted by atomic mass is 10.2. The monoisotopic (exact) mass is 212 g/mol. The van der Waals surface area contributed by atoms with Crippen LogP contribution in [0.2, 0.25) is 0 Å². The standard InChI is InChI=1S/C12H8N2O2/c15-11-5-6-14(12-7-13-8-16-12)10-4-2-1-3-9(10)11/h1-8H. The van der Waals surface area contributed by atoms with Gasteiger partial charge in [-0.15, -0.1) is 0 Å². The molecule has 4 nitrogen and oxygen atoms in total. The zero-order chi connectivity index (χ0) is 11.0. The number of aromatic nitrogens is 2. The highest BCUT2D eigenvalue weighted by atomic mass is 16.4. The molecule has 0 bridgehead atoms. The Bertz CT molecular complexity index is 684. The third kappa shape index (κ3) is 1.24.